The Labute approximate surface area is 108 Å². The number of ether oxygens (including phenoxy) is 1. The monoisotopic (exact) mass is 266 g/mol. The van der Waals surface area contributed by atoms with Crippen LogP contribution < -0.4 is 0 Å². The highest BCUT2D eigenvalue weighted by atomic mass is 16.5. The lowest BCUT2D eigenvalue weighted by Gasteiger charge is -2.30. The second-order valence-corrected chi connectivity index (χ2v) is 4.95. The summed E-state index contributed by atoms with van der Waals surface area (Å²) in [5.74, 6) is 0. The van der Waals surface area contributed by atoms with Gasteiger partial charge < -0.3 is 30.3 Å². The van der Waals surface area contributed by atoms with E-state index in [9.17, 15) is 10.2 Å². The Morgan fingerprint density at radius 2 is 1.22 bits per heavy atom. The first-order valence-electron chi connectivity index (χ1n) is 6.19. The summed E-state index contributed by atoms with van der Waals surface area (Å²) in [7, 11) is 0. The van der Waals surface area contributed by atoms with Crippen molar-refractivity contribution in [2.75, 3.05) is 46.2 Å². The zero-order valence-electron chi connectivity index (χ0n) is 11.0. The van der Waals surface area contributed by atoms with Gasteiger partial charge in [0.2, 0.25) is 0 Å². The van der Waals surface area contributed by atoms with Crippen molar-refractivity contribution in [1.82, 2.24) is 0 Å². The van der Waals surface area contributed by atoms with Gasteiger partial charge in [-0.3, -0.25) is 0 Å². The van der Waals surface area contributed by atoms with E-state index in [1.807, 2.05) is 6.92 Å². The Hall–Kier alpha value is -0.240. The molecule has 0 rings (SSSR count). The maximum Gasteiger partial charge on any atom is 0.0629 e. The maximum atomic E-state index is 9.24. The largest absolute Gasteiger partial charge is 0.396 e. The molecule has 0 radical (unpaired) electrons. The molecule has 0 aromatic carbocycles. The lowest BCUT2D eigenvalue weighted by atomic mass is 9.84. The SMILES string of the molecule is CCC(CO)(CO)CCOCC(CO)(CO)CO. The van der Waals surface area contributed by atoms with E-state index < -0.39 is 10.8 Å². The molecule has 0 atom stereocenters. The number of aliphatic hydroxyl groups excluding tert-OH is 5. The van der Waals surface area contributed by atoms with Gasteiger partial charge in [0.25, 0.3) is 0 Å². The van der Waals surface area contributed by atoms with Gasteiger partial charge in [-0.15, -0.1) is 0 Å². The molecule has 0 aromatic rings. The maximum absolute atomic E-state index is 9.24. The highest BCUT2D eigenvalue weighted by molar-refractivity contribution is 4.78. The second kappa shape index (κ2) is 8.79. The first kappa shape index (κ1) is 17.8. The molecule has 0 saturated heterocycles. The Morgan fingerprint density at radius 3 is 1.56 bits per heavy atom. The number of rotatable bonds is 11. The van der Waals surface area contributed by atoms with Gasteiger partial charge in [0.05, 0.1) is 45.1 Å². The van der Waals surface area contributed by atoms with E-state index in [0.29, 0.717) is 12.8 Å². The van der Waals surface area contributed by atoms with E-state index in [4.69, 9.17) is 20.1 Å². The van der Waals surface area contributed by atoms with Crippen LogP contribution in [0.2, 0.25) is 0 Å². The van der Waals surface area contributed by atoms with Gasteiger partial charge in [-0.25, -0.2) is 0 Å². The summed E-state index contributed by atoms with van der Waals surface area (Å²) < 4.78 is 5.33. The molecule has 0 fully saturated rings. The predicted molar refractivity (Wildman–Crippen MR) is 66.0 cm³/mol. The Bertz CT molecular complexity index is 162. The van der Waals surface area contributed by atoms with Crippen LogP contribution in [0.15, 0.2) is 0 Å². The molecule has 0 aliphatic heterocycles. The van der Waals surface area contributed by atoms with Crippen molar-refractivity contribution < 1.29 is 30.3 Å². The summed E-state index contributed by atoms with van der Waals surface area (Å²) in [6, 6.07) is 0. The molecule has 110 valence electrons. The van der Waals surface area contributed by atoms with Crippen molar-refractivity contribution in [2.24, 2.45) is 10.8 Å². The lowest BCUT2D eigenvalue weighted by molar-refractivity contribution is -0.0676. The third kappa shape index (κ3) is 4.79. The molecule has 5 N–H and O–H groups in total. The number of hydrogen-bond acceptors (Lipinski definition) is 6. The number of hydrogen-bond donors (Lipinski definition) is 5. The molecule has 0 aromatic heterocycles. The van der Waals surface area contributed by atoms with Crippen molar-refractivity contribution in [3.8, 4) is 0 Å². The molecule has 0 unspecified atom stereocenters. The van der Waals surface area contributed by atoms with Gasteiger partial charge in [0.15, 0.2) is 0 Å². The zero-order chi connectivity index (χ0) is 14.1. The van der Waals surface area contributed by atoms with Crippen molar-refractivity contribution >= 4 is 0 Å². The van der Waals surface area contributed by atoms with Crippen molar-refractivity contribution in [3.63, 3.8) is 0 Å². The molecule has 0 bridgehead atoms. The summed E-state index contributed by atoms with van der Waals surface area (Å²) in [6.07, 6.45) is 1.11. The summed E-state index contributed by atoms with van der Waals surface area (Å²) in [5.41, 5.74) is -1.59. The van der Waals surface area contributed by atoms with Crippen molar-refractivity contribution in [1.29, 1.82) is 0 Å². The first-order valence-corrected chi connectivity index (χ1v) is 6.19. The fourth-order valence-corrected chi connectivity index (χ4v) is 1.47. The normalized spacial score (nSPS) is 13.0. The smallest absolute Gasteiger partial charge is 0.0629 e. The Balaban J connectivity index is 4.11. The van der Waals surface area contributed by atoms with E-state index in [1.54, 1.807) is 0 Å². The first-order chi connectivity index (χ1) is 8.57. The molecular formula is C12H26O6. The standard InChI is InChI=1S/C12H26O6/c1-2-11(5-13,6-14)3-4-18-10-12(7-15,8-16)9-17/h13-17H,2-10H2,1H3. The fourth-order valence-electron chi connectivity index (χ4n) is 1.47. The quantitative estimate of drug-likeness (QED) is 0.298. The van der Waals surface area contributed by atoms with Crippen LogP contribution in [0.5, 0.6) is 0 Å². The topological polar surface area (TPSA) is 110 Å². The summed E-state index contributed by atoms with van der Waals surface area (Å²) in [6.45, 7) is 0.884. The third-order valence-electron chi connectivity index (χ3n) is 3.61. The molecule has 0 heterocycles. The second-order valence-electron chi connectivity index (χ2n) is 4.95. The van der Waals surface area contributed by atoms with E-state index in [2.05, 4.69) is 0 Å². The highest BCUT2D eigenvalue weighted by Crippen LogP contribution is 2.25. The molecule has 0 saturated carbocycles. The fraction of sp³-hybridized carbons (Fsp3) is 1.00. The van der Waals surface area contributed by atoms with Gasteiger partial charge in [0, 0.05) is 12.0 Å². The van der Waals surface area contributed by atoms with Crippen LogP contribution in [0.3, 0.4) is 0 Å². The minimum Gasteiger partial charge on any atom is -0.396 e. The van der Waals surface area contributed by atoms with Crippen LogP contribution in [0, 0.1) is 10.8 Å². The van der Waals surface area contributed by atoms with Crippen LogP contribution in [0.25, 0.3) is 0 Å². The Kier molecular flexibility index (Phi) is 8.67. The average molecular weight is 266 g/mol. The van der Waals surface area contributed by atoms with Gasteiger partial charge in [0.1, 0.15) is 0 Å². The molecule has 0 amide bonds. The van der Waals surface area contributed by atoms with Crippen LogP contribution in [0.1, 0.15) is 19.8 Å². The minimum absolute atomic E-state index is 0.0349. The van der Waals surface area contributed by atoms with Crippen LogP contribution >= 0.6 is 0 Å². The van der Waals surface area contributed by atoms with Crippen molar-refractivity contribution in [3.05, 3.63) is 0 Å². The van der Waals surface area contributed by atoms with E-state index >= 15 is 0 Å². The predicted octanol–water partition coefficient (Wildman–Crippen LogP) is -1.26. The Morgan fingerprint density at radius 1 is 0.778 bits per heavy atom. The zero-order valence-corrected chi connectivity index (χ0v) is 11.0. The van der Waals surface area contributed by atoms with Crippen LogP contribution in [-0.2, 0) is 4.74 Å². The van der Waals surface area contributed by atoms with Gasteiger partial charge >= 0.3 is 0 Å². The molecule has 6 heteroatoms. The van der Waals surface area contributed by atoms with Gasteiger partial charge in [-0.2, -0.15) is 0 Å². The highest BCUT2D eigenvalue weighted by Gasteiger charge is 2.30. The van der Waals surface area contributed by atoms with Gasteiger partial charge in [-0.05, 0) is 12.8 Å². The third-order valence-corrected chi connectivity index (χ3v) is 3.61. The van der Waals surface area contributed by atoms with Crippen LogP contribution in [0.4, 0.5) is 0 Å². The summed E-state index contributed by atoms with van der Waals surface area (Å²) in [5, 5.41) is 45.8. The molecule has 18 heavy (non-hydrogen) atoms. The van der Waals surface area contributed by atoms with E-state index in [-0.39, 0.29) is 46.2 Å². The average Bonchev–Trinajstić information content (AvgIpc) is 2.45. The van der Waals surface area contributed by atoms with Crippen LogP contribution in [-0.4, -0.2) is 71.8 Å². The minimum atomic E-state index is -1.03. The van der Waals surface area contributed by atoms with Gasteiger partial charge in [-0.1, -0.05) is 6.92 Å². The summed E-state index contributed by atoms with van der Waals surface area (Å²) >= 11 is 0. The molecular weight excluding hydrogens is 240 g/mol. The van der Waals surface area contributed by atoms with E-state index in [0.717, 1.165) is 0 Å². The molecule has 0 spiro atoms. The molecule has 0 aliphatic carbocycles. The van der Waals surface area contributed by atoms with E-state index in [1.165, 1.54) is 0 Å². The molecule has 6 nitrogen and oxygen atoms in total. The molecule has 0 aliphatic rings. The lowest BCUT2D eigenvalue weighted by Crippen LogP contribution is -2.39. The summed E-state index contributed by atoms with van der Waals surface area (Å²) in [4.78, 5) is 0. The number of aliphatic hydroxyl groups is 5. The van der Waals surface area contributed by atoms with Crippen molar-refractivity contribution in [2.45, 2.75) is 19.8 Å².